The molecule has 1 aliphatic rings. The second kappa shape index (κ2) is 6.92. The lowest BCUT2D eigenvalue weighted by Crippen LogP contribution is -2.27. The van der Waals surface area contributed by atoms with E-state index in [2.05, 4.69) is 43.2 Å². The summed E-state index contributed by atoms with van der Waals surface area (Å²) in [6.45, 7) is 4.69. The number of halogens is 2. The molecule has 1 N–H and O–H groups in total. The average Bonchev–Trinajstić information content (AvgIpc) is 2.26. The van der Waals surface area contributed by atoms with E-state index < -0.39 is 0 Å². The van der Waals surface area contributed by atoms with E-state index in [4.69, 9.17) is 4.74 Å². The molecule has 0 atom stereocenters. The van der Waals surface area contributed by atoms with Crippen LogP contribution >= 0.6 is 31.9 Å². The zero-order valence-electron chi connectivity index (χ0n) is 10.6. The van der Waals surface area contributed by atoms with Gasteiger partial charge in [-0.1, -0.05) is 22.4 Å². The number of benzene rings is 1. The molecule has 1 fully saturated rings. The van der Waals surface area contributed by atoms with Crippen LogP contribution in [0.2, 0.25) is 0 Å². The van der Waals surface area contributed by atoms with E-state index in [1.165, 1.54) is 24.8 Å². The summed E-state index contributed by atoms with van der Waals surface area (Å²) in [7, 11) is 0. The minimum atomic E-state index is 0.690. The Morgan fingerprint density at radius 2 is 2.11 bits per heavy atom. The maximum atomic E-state index is 5.71. The van der Waals surface area contributed by atoms with Crippen molar-refractivity contribution in [3.8, 4) is 5.75 Å². The normalized spacial score (nSPS) is 15.5. The molecule has 0 unspecified atom stereocenters. The fourth-order valence-electron chi connectivity index (χ4n) is 2.16. The summed E-state index contributed by atoms with van der Waals surface area (Å²) < 4.78 is 7.81. The molecule has 0 heterocycles. The van der Waals surface area contributed by atoms with Gasteiger partial charge in [-0.2, -0.15) is 0 Å². The molecule has 0 amide bonds. The van der Waals surface area contributed by atoms with Crippen molar-refractivity contribution in [2.45, 2.75) is 32.7 Å². The van der Waals surface area contributed by atoms with Crippen LogP contribution < -0.4 is 10.1 Å². The lowest BCUT2D eigenvalue weighted by molar-refractivity contribution is 0.298. The largest absolute Gasteiger partial charge is 0.492 e. The van der Waals surface area contributed by atoms with Gasteiger partial charge in [-0.15, -0.1) is 0 Å². The van der Waals surface area contributed by atoms with E-state index in [1.54, 1.807) is 0 Å². The maximum Gasteiger partial charge on any atom is 0.138 e. The Balaban J connectivity index is 1.99. The van der Waals surface area contributed by atoms with Crippen molar-refractivity contribution in [2.24, 2.45) is 5.92 Å². The second-order valence-electron chi connectivity index (χ2n) is 4.74. The van der Waals surface area contributed by atoms with Crippen LogP contribution in [-0.2, 0) is 6.54 Å². The van der Waals surface area contributed by atoms with Crippen LogP contribution in [0.1, 0.15) is 31.7 Å². The Hall–Kier alpha value is -0.0600. The standard InChI is InChI=1S/C14H19Br2NO/c1-2-18-14-11(6-12(15)7-13(14)16)9-17-8-10-4-3-5-10/h6-7,10,17H,2-5,8-9H2,1H3. The van der Waals surface area contributed by atoms with Gasteiger partial charge in [-0.25, -0.2) is 0 Å². The van der Waals surface area contributed by atoms with Gasteiger partial charge in [0.1, 0.15) is 5.75 Å². The quantitative estimate of drug-likeness (QED) is 0.789. The molecule has 0 radical (unpaired) electrons. The Kier molecular flexibility index (Phi) is 5.52. The lowest BCUT2D eigenvalue weighted by Gasteiger charge is -2.25. The van der Waals surface area contributed by atoms with Gasteiger partial charge in [0, 0.05) is 16.6 Å². The monoisotopic (exact) mass is 375 g/mol. The van der Waals surface area contributed by atoms with Crippen LogP contribution in [0, 0.1) is 5.92 Å². The summed E-state index contributed by atoms with van der Waals surface area (Å²) in [5.41, 5.74) is 1.21. The summed E-state index contributed by atoms with van der Waals surface area (Å²) in [5, 5.41) is 3.54. The Bertz CT molecular complexity index is 405. The van der Waals surface area contributed by atoms with Crippen molar-refractivity contribution in [3.05, 3.63) is 26.6 Å². The number of nitrogens with one attached hydrogen (secondary N) is 1. The highest BCUT2D eigenvalue weighted by Gasteiger charge is 2.17. The van der Waals surface area contributed by atoms with Crippen LogP contribution in [0.25, 0.3) is 0 Å². The molecule has 4 heteroatoms. The number of hydrogen-bond donors (Lipinski definition) is 1. The van der Waals surface area contributed by atoms with E-state index in [1.807, 2.05) is 13.0 Å². The van der Waals surface area contributed by atoms with Gasteiger partial charge in [-0.3, -0.25) is 0 Å². The summed E-state index contributed by atoms with van der Waals surface area (Å²) in [6, 6.07) is 4.16. The second-order valence-corrected chi connectivity index (χ2v) is 6.51. The van der Waals surface area contributed by atoms with Crippen molar-refractivity contribution in [2.75, 3.05) is 13.2 Å². The van der Waals surface area contributed by atoms with Crippen molar-refractivity contribution >= 4 is 31.9 Å². The lowest BCUT2D eigenvalue weighted by atomic mass is 9.85. The van der Waals surface area contributed by atoms with E-state index in [0.717, 1.165) is 33.7 Å². The predicted octanol–water partition coefficient (Wildman–Crippen LogP) is 4.50. The van der Waals surface area contributed by atoms with Gasteiger partial charge in [0.15, 0.2) is 0 Å². The van der Waals surface area contributed by atoms with Gasteiger partial charge in [0.25, 0.3) is 0 Å². The molecule has 0 bridgehead atoms. The molecule has 100 valence electrons. The van der Waals surface area contributed by atoms with Crippen molar-refractivity contribution < 1.29 is 4.74 Å². The van der Waals surface area contributed by atoms with Gasteiger partial charge >= 0.3 is 0 Å². The molecule has 1 saturated carbocycles. The fraction of sp³-hybridized carbons (Fsp3) is 0.571. The molecule has 0 saturated heterocycles. The molecule has 1 aliphatic carbocycles. The first-order chi connectivity index (χ1) is 8.70. The zero-order chi connectivity index (χ0) is 13.0. The average molecular weight is 377 g/mol. The Labute approximate surface area is 126 Å². The van der Waals surface area contributed by atoms with Gasteiger partial charge < -0.3 is 10.1 Å². The predicted molar refractivity (Wildman–Crippen MR) is 82.1 cm³/mol. The van der Waals surface area contributed by atoms with E-state index in [0.29, 0.717) is 6.61 Å². The molecule has 18 heavy (non-hydrogen) atoms. The minimum absolute atomic E-state index is 0.690. The molecule has 2 nitrogen and oxygen atoms in total. The molecule has 0 spiro atoms. The van der Waals surface area contributed by atoms with Crippen LogP contribution in [-0.4, -0.2) is 13.2 Å². The molecular weight excluding hydrogens is 358 g/mol. The van der Waals surface area contributed by atoms with Crippen molar-refractivity contribution in [3.63, 3.8) is 0 Å². The highest BCUT2D eigenvalue weighted by atomic mass is 79.9. The third-order valence-electron chi connectivity index (χ3n) is 3.35. The number of hydrogen-bond acceptors (Lipinski definition) is 2. The first-order valence-corrected chi connectivity index (χ1v) is 8.10. The summed E-state index contributed by atoms with van der Waals surface area (Å²) >= 11 is 7.09. The summed E-state index contributed by atoms with van der Waals surface area (Å²) in [4.78, 5) is 0. The topological polar surface area (TPSA) is 21.3 Å². The molecule has 0 aromatic heterocycles. The summed E-state index contributed by atoms with van der Waals surface area (Å²) in [6.07, 6.45) is 4.17. The first kappa shape index (κ1) is 14.4. The van der Waals surface area contributed by atoms with Crippen LogP contribution in [0.3, 0.4) is 0 Å². The maximum absolute atomic E-state index is 5.71. The van der Waals surface area contributed by atoms with Gasteiger partial charge in [0.2, 0.25) is 0 Å². The van der Waals surface area contributed by atoms with E-state index in [-0.39, 0.29) is 0 Å². The number of ether oxygens (including phenoxy) is 1. The minimum Gasteiger partial charge on any atom is -0.492 e. The van der Waals surface area contributed by atoms with E-state index in [9.17, 15) is 0 Å². The molecule has 2 rings (SSSR count). The summed E-state index contributed by atoms with van der Waals surface area (Å²) in [5.74, 6) is 1.85. The highest BCUT2D eigenvalue weighted by Crippen LogP contribution is 2.33. The fourth-order valence-corrected chi connectivity index (χ4v) is 3.59. The number of rotatable bonds is 6. The molecule has 1 aromatic rings. The third kappa shape index (κ3) is 3.72. The zero-order valence-corrected chi connectivity index (χ0v) is 13.8. The van der Waals surface area contributed by atoms with Crippen LogP contribution in [0.5, 0.6) is 5.75 Å². The Morgan fingerprint density at radius 1 is 1.33 bits per heavy atom. The van der Waals surface area contributed by atoms with Crippen LogP contribution in [0.15, 0.2) is 21.1 Å². The molecule has 0 aliphatic heterocycles. The van der Waals surface area contributed by atoms with Crippen molar-refractivity contribution in [1.29, 1.82) is 0 Å². The van der Waals surface area contributed by atoms with Crippen LogP contribution in [0.4, 0.5) is 0 Å². The third-order valence-corrected chi connectivity index (χ3v) is 4.39. The smallest absolute Gasteiger partial charge is 0.138 e. The van der Waals surface area contributed by atoms with E-state index >= 15 is 0 Å². The van der Waals surface area contributed by atoms with Gasteiger partial charge in [0.05, 0.1) is 11.1 Å². The van der Waals surface area contributed by atoms with Crippen molar-refractivity contribution in [1.82, 2.24) is 5.32 Å². The SMILES string of the molecule is CCOc1c(Br)cc(Br)cc1CNCC1CCC1. The first-order valence-electron chi connectivity index (χ1n) is 6.52. The molecule has 1 aromatic carbocycles. The van der Waals surface area contributed by atoms with Gasteiger partial charge in [-0.05, 0) is 60.3 Å². The highest BCUT2D eigenvalue weighted by molar-refractivity contribution is 9.11. The molecular formula is C14H19Br2NO. The Morgan fingerprint density at radius 3 is 2.72 bits per heavy atom.